The third-order valence-corrected chi connectivity index (χ3v) is 11.7. The van der Waals surface area contributed by atoms with Crippen LogP contribution in [-0.4, -0.2) is 20.7 Å². The van der Waals surface area contributed by atoms with E-state index in [9.17, 15) is 4.79 Å². The maximum atomic E-state index is 11.3. The molecule has 2 rings (SSSR count). The summed E-state index contributed by atoms with van der Waals surface area (Å²) in [7, 11) is -1.71. The molecule has 0 aromatic heterocycles. The van der Waals surface area contributed by atoms with Crippen LogP contribution in [0, 0.1) is 23.2 Å². The predicted molar refractivity (Wildman–Crippen MR) is 95.5 cm³/mol. The van der Waals surface area contributed by atoms with Crippen LogP contribution in [-0.2, 0) is 9.22 Å². The van der Waals surface area contributed by atoms with Gasteiger partial charge in [0.2, 0.25) is 0 Å². The molecule has 0 aromatic rings. The van der Waals surface area contributed by atoms with E-state index in [4.69, 9.17) is 4.43 Å². The fourth-order valence-corrected chi connectivity index (χ4v) is 6.21. The Morgan fingerprint density at radius 3 is 2.41 bits per heavy atom. The van der Waals surface area contributed by atoms with Gasteiger partial charge in [0.05, 0.1) is 0 Å². The lowest BCUT2D eigenvalue weighted by Crippen LogP contribution is -2.50. The van der Waals surface area contributed by atoms with E-state index >= 15 is 0 Å². The zero-order valence-electron chi connectivity index (χ0n) is 15.7. The van der Waals surface area contributed by atoms with Gasteiger partial charge in [-0.25, -0.2) is 0 Å². The first kappa shape index (κ1) is 18.2. The van der Waals surface area contributed by atoms with E-state index in [1.54, 1.807) is 0 Å². The molecule has 22 heavy (non-hydrogen) atoms. The number of fused-ring (bicyclic) bond motifs is 1. The third-order valence-electron chi connectivity index (χ3n) is 7.24. The maximum absolute atomic E-state index is 11.3. The Bertz CT molecular complexity index is 412. The molecule has 2 fully saturated rings. The normalized spacial score (nSPS) is 37.7. The summed E-state index contributed by atoms with van der Waals surface area (Å²) in [5.41, 5.74) is 0.311. The van der Waals surface area contributed by atoms with Crippen LogP contribution < -0.4 is 0 Å². The van der Waals surface area contributed by atoms with Crippen LogP contribution in [0.2, 0.25) is 18.1 Å². The van der Waals surface area contributed by atoms with E-state index in [-0.39, 0.29) is 11.0 Å². The quantitative estimate of drug-likeness (QED) is 0.509. The topological polar surface area (TPSA) is 26.3 Å². The van der Waals surface area contributed by atoms with Gasteiger partial charge in [-0.1, -0.05) is 41.0 Å². The van der Waals surface area contributed by atoms with Crippen molar-refractivity contribution in [3.05, 3.63) is 0 Å². The minimum atomic E-state index is -1.71. The van der Waals surface area contributed by atoms with E-state index in [2.05, 4.69) is 47.7 Å². The predicted octanol–water partition coefficient (Wildman–Crippen LogP) is 5.43. The Balaban J connectivity index is 2.18. The molecular weight excluding hydrogens is 288 g/mol. The molecule has 2 aliphatic rings. The summed E-state index contributed by atoms with van der Waals surface area (Å²) >= 11 is 0. The van der Waals surface area contributed by atoms with Gasteiger partial charge in [-0.3, -0.25) is 0 Å². The van der Waals surface area contributed by atoms with Gasteiger partial charge in [0.25, 0.3) is 0 Å². The molecule has 2 saturated carbocycles. The van der Waals surface area contributed by atoms with Crippen molar-refractivity contribution in [3.63, 3.8) is 0 Å². The van der Waals surface area contributed by atoms with Crippen LogP contribution in [0.1, 0.15) is 66.7 Å². The van der Waals surface area contributed by atoms with Crippen LogP contribution >= 0.6 is 0 Å². The molecule has 0 saturated heterocycles. The van der Waals surface area contributed by atoms with Crippen molar-refractivity contribution < 1.29 is 9.22 Å². The summed E-state index contributed by atoms with van der Waals surface area (Å²) in [6.45, 7) is 16.3. The zero-order chi connectivity index (χ0) is 16.8. The Morgan fingerprint density at radius 2 is 1.86 bits per heavy atom. The number of rotatable bonds is 4. The van der Waals surface area contributed by atoms with Crippen LogP contribution in [0.3, 0.4) is 0 Å². The summed E-state index contributed by atoms with van der Waals surface area (Å²) in [5.74, 6) is 1.41. The third kappa shape index (κ3) is 3.08. The van der Waals surface area contributed by atoms with Crippen molar-refractivity contribution in [1.82, 2.24) is 0 Å². The molecule has 2 nitrogen and oxygen atoms in total. The van der Waals surface area contributed by atoms with Gasteiger partial charge in [-0.2, -0.15) is 0 Å². The fourth-order valence-electron chi connectivity index (χ4n) is 4.81. The lowest BCUT2D eigenvalue weighted by molar-refractivity contribution is -0.114. The van der Waals surface area contributed by atoms with Gasteiger partial charge in [0, 0.05) is 12.0 Å². The summed E-state index contributed by atoms with van der Waals surface area (Å²) in [6, 6.07) is 0. The fraction of sp³-hybridized carbons (Fsp3) is 0.947. The minimum Gasteiger partial charge on any atom is -0.414 e. The van der Waals surface area contributed by atoms with Gasteiger partial charge in [0.1, 0.15) is 6.29 Å². The van der Waals surface area contributed by atoms with Gasteiger partial charge < -0.3 is 9.22 Å². The number of carbonyl (C=O) groups is 1. The maximum Gasteiger partial charge on any atom is 0.192 e. The molecule has 2 aliphatic carbocycles. The van der Waals surface area contributed by atoms with Crippen LogP contribution in [0.15, 0.2) is 0 Å². The molecule has 0 amide bonds. The second-order valence-electron chi connectivity index (χ2n) is 9.60. The van der Waals surface area contributed by atoms with E-state index in [1.807, 2.05) is 0 Å². The number of hydrogen-bond acceptors (Lipinski definition) is 2. The van der Waals surface area contributed by atoms with Gasteiger partial charge >= 0.3 is 0 Å². The standard InChI is InChI=1S/C19H36O2Si/c1-14(13-20)15-10-11-16-17(9-8-12-19(15,16)5)21-22(6,7)18(2,3)4/h13-17H,8-12H2,1-7H3/t14?,15-,16-,17-,19+/m1/s1. The average Bonchev–Trinajstić information content (AvgIpc) is 2.74. The SMILES string of the molecule is CC(C=O)[C@H]1CC[C@@H]2[C@H](O[Si](C)(C)C(C)(C)C)CCC[C@@]12C. The molecule has 0 spiro atoms. The van der Waals surface area contributed by atoms with E-state index in [1.165, 1.54) is 38.4 Å². The molecule has 0 bridgehead atoms. The highest BCUT2D eigenvalue weighted by atomic mass is 28.4. The first-order valence-electron chi connectivity index (χ1n) is 9.16. The molecule has 1 unspecified atom stereocenters. The van der Waals surface area contributed by atoms with Crippen LogP contribution in [0.25, 0.3) is 0 Å². The zero-order valence-corrected chi connectivity index (χ0v) is 16.7. The van der Waals surface area contributed by atoms with Crippen molar-refractivity contribution in [2.75, 3.05) is 0 Å². The number of carbonyl (C=O) groups excluding carboxylic acids is 1. The van der Waals surface area contributed by atoms with Crippen molar-refractivity contribution in [1.29, 1.82) is 0 Å². The van der Waals surface area contributed by atoms with Crippen LogP contribution in [0.5, 0.6) is 0 Å². The smallest absolute Gasteiger partial charge is 0.192 e. The Labute approximate surface area is 138 Å². The van der Waals surface area contributed by atoms with E-state index in [0.717, 1.165) is 0 Å². The van der Waals surface area contributed by atoms with Crippen molar-refractivity contribution in [2.24, 2.45) is 23.2 Å². The molecule has 5 atom stereocenters. The first-order valence-corrected chi connectivity index (χ1v) is 12.1. The van der Waals surface area contributed by atoms with Gasteiger partial charge in [-0.15, -0.1) is 0 Å². The monoisotopic (exact) mass is 324 g/mol. The summed E-state index contributed by atoms with van der Waals surface area (Å²) in [6.07, 6.45) is 7.80. The number of aldehydes is 1. The molecule has 0 N–H and O–H groups in total. The Kier molecular flexibility index (Phi) is 5.00. The highest BCUT2D eigenvalue weighted by Crippen LogP contribution is 2.58. The van der Waals surface area contributed by atoms with Gasteiger partial charge in [0.15, 0.2) is 8.32 Å². The van der Waals surface area contributed by atoms with E-state index in [0.29, 0.717) is 23.4 Å². The molecule has 0 aromatic carbocycles. The van der Waals surface area contributed by atoms with Crippen molar-refractivity contribution in [3.8, 4) is 0 Å². The lowest BCUT2D eigenvalue weighted by Gasteiger charge is -2.49. The molecule has 128 valence electrons. The Morgan fingerprint density at radius 1 is 1.23 bits per heavy atom. The molecule has 0 radical (unpaired) electrons. The second kappa shape index (κ2) is 6.05. The average molecular weight is 325 g/mol. The van der Waals surface area contributed by atoms with Gasteiger partial charge in [-0.05, 0) is 61.1 Å². The van der Waals surface area contributed by atoms with E-state index < -0.39 is 8.32 Å². The summed E-state index contributed by atoms with van der Waals surface area (Å²) in [4.78, 5) is 11.3. The second-order valence-corrected chi connectivity index (χ2v) is 14.4. The van der Waals surface area contributed by atoms with Crippen molar-refractivity contribution in [2.45, 2.75) is 91.0 Å². The minimum absolute atomic E-state index is 0.196. The largest absolute Gasteiger partial charge is 0.414 e. The molecule has 0 heterocycles. The number of hydrogen-bond donors (Lipinski definition) is 0. The molecule has 3 heteroatoms. The lowest BCUT2D eigenvalue weighted by atomic mass is 9.62. The summed E-state index contributed by atoms with van der Waals surface area (Å²) in [5, 5.41) is 0.273. The molecular formula is C19H36O2Si. The van der Waals surface area contributed by atoms with Crippen molar-refractivity contribution >= 4 is 14.6 Å². The highest BCUT2D eigenvalue weighted by molar-refractivity contribution is 6.74. The molecule has 0 aliphatic heterocycles. The van der Waals surface area contributed by atoms with Crippen LogP contribution in [0.4, 0.5) is 0 Å². The Hall–Kier alpha value is -0.153. The highest BCUT2D eigenvalue weighted by Gasteiger charge is 2.54. The summed E-state index contributed by atoms with van der Waals surface area (Å²) < 4.78 is 6.83. The first-order chi connectivity index (χ1) is 10.0.